The summed E-state index contributed by atoms with van der Waals surface area (Å²) in [5, 5.41) is 12.1. The summed E-state index contributed by atoms with van der Waals surface area (Å²) in [5.41, 5.74) is 2.52. The van der Waals surface area contributed by atoms with E-state index >= 15 is 0 Å². The van der Waals surface area contributed by atoms with Crippen LogP contribution in [-0.4, -0.2) is 28.0 Å². The van der Waals surface area contributed by atoms with E-state index in [0.717, 1.165) is 30.8 Å². The lowest BCUT2D eigenvalue weighted by molar-refractivity contribution is 0.0697. The Morgan fingerprint density at radius 3 is 2.55 bits per heavy atom. The van der Waals surface area contributed by atoms with E-state index in [-0.39, 0.29) is 0 Å². The highest BCUT2D eigenvalue weighted by molar-refractivity contribution is 7.09. The van der Waals surface area contributed by atoms with Crippen molar-refractivity contribution in [2.24, 2.45) is 0 Å². The zero-order valence-corrected chi connectivity index (χ0v) is 12.5. The predicted octanol–water partition coefficient (Wildman–Crippen LogP) is 3.04. The zero-order chi connectivity index (χ0) is 14.5. The number of carbonyl (C=O) groups is 1. The molecule has 0 spiro atoms. The number of benzene rings is 1. The SMILES string of the molecule is CCc1nc(CN(C)Cc2ccc(C(=O)O)cc2)cs1. The van der Waals surface area contributed by atoms with Crippen molar-refractivity contribution in [2.45, 2.75) is 26.4 Å². The first-order chi connectivity index (χ1) is 9.58. The predicted molar refractivity (Wildman–Crippen MR) is 80.1 cm³/mol. The van der Waals surface area contributed by atoms with E-state index in [1.54, 1.807) is 23.5 Å². The molecular weight excluding hydrogens is 272 g/mol. The fourth-order valence-corrected chi connectivity index (χ4v) is 2.72. The third kappa shape index (κ3) is 3.88. The van der Waals surface area contributed by atoms with Gasteiger partial charge in [0.25, 0.3) is 0 Å². The fourth-order valence-electron chi connectivity index (χ4n) is 1.98. The number of carboxylic acids is 1. The van der Waals surface area contributed by atoms with Crippen LogP contribution >= 0.6 is 11.3 Å². The fraction of sp³-hybridized carbons (Fsp3) is 0.333. The van der Waals surface area contributed by atoms with Crippen molar-refractivity contribution in [1.82, 2.24) is 9.88 Å². The summed E-state index contributed by atoms with van der Waals surface area (Å²) in [7, 11) is 2.04. The largest absolute Gasteiger partial charge is 0.478 e. The molecule has 2 aromatic rings. The van der Waals surface area contributed by atoms with Crippen LogP contribution in [0.2, 0.25) is 0 Å². The topological polar surface area (TPSA) is 53.4 Å². The molecule has 1 aromatic heterocycles. The van der Waals surface area contributed by atoms with E-state index in [2.05, 4.69) is 22.2 Å². The number of aromatic carboxylic acids is 1. The van der Waals surface area contributed by atoms with Crippen LogP contribution < -0.4 is 0 Å². The summed E-state index contributed by atoms with van der Waals surface area (Å²) < 4.78 is 0. The van der Waals surface area contributed by atoms with Gasteiger partial charge in [-0.05, 0) is 31.2 Å². The van der Waals surface area contributed by atoms with Gasteiger partial charge >= 0.3 is 5.97 Å². The molecule has 0 radical (unpaired) electrons. The molecule has 0 aliphatic rings. The molecule has 1 heterocycles. The van der Waals surface area contributed by atoms with E-state index in [4.69, 9.17) is 5.11 Å². The van der Waals surface area contributed by atoms with Gasteiger partial charge in [-0.15, -0.1) is 11.3 Å². The molecule has 20 heavy (non-hydrogen) atoms. The standard InChI is InChI=1S/C15H18N2O2S/c1-3-14-16-13(10-20-14)9-17(2)8-11-4-6-12(7-5-11)15(18)19/h4-7,10H,3,8-9H2,1-2H3,(H,18,19). The molecule has 0 amide bonds. The molecular formula is C15H18N2O2S. The van der Waals surface area contributed by atoms with E-state index < -0.39 is 5.97 Å². The second-order valence-corrected chi connectivity index (χ2v) is 5.70. The Kier molecular flexibility index (Phi) is 4.87. The van der Waals surface area contributed by atoms with Gasteiger partial charge in [0.05, 0.1) is 16.3 Å². The minimum Gasteiger partial charge on any atom is -0.478 e. The second kappa shape index (κ2) is 6.63. The number of aromatic nitrogens is 1. The lowest BCUT2D eigenvalue weighted by atomic mass is 10.1. The lowest BCUT2D eigenvalue weighted by Gasteiger charge is -2.15. The van der Waals surface area contributed by atoms with Gasteiger partial charge in [0.15, 0.2) is 0 Å². The number of hydrogen-bond acceptors (Lipinski definition) is 4. The quantitative estimate of drug-likeness (QED) is 0.888. The first kappa shape index (κ1) is 14.7. The summed E-state index contributed by atoms with van der Waals surface area (Å²) in [6, 6.07) is 7.00. The van der Waals surface area contributed by atoms with Gasteiger partial charge in [-0.2, -0.15) is 0 Å². The number of hydrogen-bond donors (Lipinski definition) is 1. The normalized spacial score (nSPS) is 10.9. The van der Waals surface area contributed by atoms with Crippen molar-refractivity contribution in [2.75, 3.05) is 7.05 Å². The number of carboxylic acid groups (broad SMARTS) is 1. The minimum atomic E-state index is -0.889. The molecule has 0 fully saturated rings. The molecule has 0 aliphatic carbocycles. The van der Waals surface area contributed by atoms with E-state index in [1.807, 2.05) is 19.2 Å². The Labute approximate surface area is 122 Å². The molecule has 0 bridgehead atoms. The first-order valence-corrected chi connectivity index (χ1v) is 7.40. The van der Waals surface area contributed by atoms with Crippen molar-refractivity contribution in [3.8, 4) is 0 Å². The smallest absolute Gasteiger partial charge is 0.335 e. The van der Waals surface area contributed by atoms with Gasteiger partial charge in [-0.1, -0.05) is 19.1 Å². The lowest BCUT2D eigenvalue weighted by Crippen LogP contribution is -2.17. The van der Waals surface area contributed by atoms with Gasteiger partial charge in [-0.3, -0.25) is 4.90 Å². The van der Waals surface area contributed by atoms with Gasteiger partial charge in [-0.25, -0.2) is 9.78 Å². The van der Waals surface area contributed by atoms with Crippen molar-refractivity contribution < 1.29 is 9.90 Å². The summed E-state index contributed by atoms with van der Waals surface area (Å²) in [6.45, 7) is 3.69. The van der Waals surface area contributed by atoms with Crippen LogP contribution in [0.3, 0.4) is 0 Å². The Morgan fingerprint density at radius 2 is 2.00 bits per heavy atom. The molecule has 1 aromatic carbocycles. The highest BCUT2D eigenvalue weighted by Gasteiger charge is 2.07. The highest BCUT2D eigenvalue weighted by atomic mass is 32.1. The summed E-state index contributed by atoms with van der Waals surface area (Å²) in [5.74, 6) is -0.889. The van der Waals surface area contributed by atoms with Crippen molar-refractivity contribution in [3.63, 3.8) is 0 Å². The maximum atomic E-state index is 10.8. The van der Waals surface area contributed by atoms with Crippen LogP contribution in [0.5, 0.6) is 0 Å². The summed E-state index contributed by atoms with van der Waals surface area (Å²) in [4.78, 5) is 17.5. The van der Waals surface area contributed by atoms with Crippen LogP contribution in [0, 0.1) is 0 Å². The van der Waals surface area contributed by atoms with Gasteiger partial charge < -0.3 is 5.11 Å². The van der Waals surface area contributed by atoms with E-state index in [9.17, 15) is 4.79 Å². The van der Waals surface area contributed by atoms with Crippen LogP contribution in [0.1, 0.15) is 33.5 Å². The molecule has 0 saturated heterocycles. The molecule has 2 rings (SSSR count). The molecule has 0 unspecified atom stereocenters. The number of rotatable bonds is 6. The average molecular weight is 290 g/mol. The Balaban J connectivity index is 1.93. The van der Waals surface area contributed by atoms with Gasteiger partial charge in [0.1, 0.15) is 0 Å². The Bertz CT molecular complexity index is 578. The number of nitrogens with zero attached hydrogens (tertiary/aromatic N) is 2. The maximum Gasteiger partial charge on any atom is 0.335 e. The van der Waals surface area contributed by atoms with Crippen LogP contribution in [0.4, 0.5) is 0 Å². The molecule has 4 nitrogen and oxygen atoms in total. The van der Waals surface area contributed by atoms with Crippen LogP contribution in [0.15, 0.2) is 29.6 Å². The molecule has 0 aliphatic heterocycles. The molecule has 1 N–H and O–H groups in total. The third-order valence-corrected chi connectivity index (χ3v) is 4.03. The molecule has 0 saturated carbocycles. The third-order valence-electron chi connectivity index (χ3n) is 2.99. The van der Waals surface area contributed by atoms with Crippen LogP contribution in [-0.2, 0) is 19.5 Å². The van der Waals surface area contributed by atoms with E-state index in [1.165, 1.54) is 5.01 Å². The highest BCUT2D eigenvalue weighted by Crippen LogP contribution is 2.13. The van der Waals surface area contributed by atoms with E-state index in [0.29, 0.717) is 5.56 Å². The van der Waals surface area contributed by atoms with Crippen molar-refractivity contribution in [3.05, 3.63) is 51.5 Å². The monoisotopic (exact) mass is 290 g/mol. The summed E-state index contributed by atoms with van der Waals surface area (Å²) >= 11 is 1.70. The zero-order valence-electron chi connectivity index (χ0n) is 11.7. The van der Waals surface area contributed by atoms with Crippen molar-refractivity contribution >= 4 is 17.3 Å². The van der Waals surface area contributed by atoms with Crippen LogP contribution in [0.25, 0.3) is 0 Å². The Hall–Kier alpha value is -1.72. The average Bonchev–Trinajstić information content (AvgIpc) is 2.86. The first-order valence-electron chi connectivity index (χ1n) is 6.52. The Morgan fingerprint density at radius 1 is 1.30 bits per heavy atom. The summed E-state index contributed by atoms with van der Waals surface area (Å²) in [6.07, 6.45) is 0.977. The van der Waals surface area contributed by atoms with Crippen molar-refractivity contribution in [1.29, 1.82) is 0 Å². The molecule has 5 heteroatoms. The molecule has 0 atom stereocenters. The van der Waals surface area contributed by atoms with Gasteiger partial charge in [0.2, 0.25) is 0 Å². The minimum absolute atomic E-state index is 0.323. The molecule has 106 valence electrons. The second-order valence-electron chi connectivity index (χ2n) is 4.76. The van der Waals surface area contributed by atoms with Gasteiger partial charge in [0, 0.05) is 18.5 Å². The number of aryl methyl sites for hydroxylation is 1. The maximum absolute atomic E-state index is 10.8. The number of thiazole rings is 1.